The minimum absolute atomic E-state index is 2.20. The zero-order valence-corrected chi connectivity index (χ0v) is 7.96. The van der Waals surface area contributed by atoms with Crippen molar-refractivity contribution in [3.63, 3.8) is 0 Å². The molecule has 1 atom stereocenters. The van der Waals surface area contributed by atoms with Crippen molar-refractivity contribution in [2.75, 3.05) is 6.61 Å². The normalized spacial score (nSPS) is 16.2. The summed E-state index contributed by atoms with van der Waals surface area (Å²) < 4.78 is 123. The van der Waals surface area contributed by atoms with Crippen LogP contribution in [-0.4, -0.2) is 37.8 Å². The van der Waals surface area contributed by atoms with Gasteiger partial charge in [-0.05, 0) is 0 Å². The topological polar surface area (TPSA) is 18.5 Å². The van der Waals surface area contributed by atoms with Gasteiger partial charge < -0.3 is 4.74 Å². The van der Waals surface area contributed by atoms with Crippen molar-refractivity contribution < 1.29 is 53.4 Å². The van der Waals surface area contributed by atoms with E-state index < -0.39 is 37.8 Å². The molecule has 12 heteroatoms. The highest BCUT2D eigenvalue weighted by atomic mass is 19.4. The third kappa shape index (κ3) is 5.71. The Bertz CT molecular complexity index is 262. The molecule has 0 aliphatic rings. The molecule has 0 aliphatic carbocycles. The van der Waals surface area contributed by atoms with Gasteiger partial charge in [0.15, 0.2) is 0 Å². The lowest BCUT2D eigenvalue weighted by atomic mass is 10.3. The Kier molecular flexibility index (Phi) is 5.23. The molecule has 0 saturated heterocycles. The van der Waals surface area contributed by atoms with Crippen LogP contribution in [0.5, 0.6) is 0 Å². The second kappa shape index (κ2) is 5.47. The maximum atomic E-state index is 12.4. The summed E-state index contributed by atoms with van der Waals surface area (Å²) in [7, 11) is 0. The number of rotatable bonds is 6. The summed E-state index contributed by atoms with van der Waals surface area (Å²) in [5, 5.41) is 0. The van der Waals surface area contributed by atoms with Crippen LogP contribution in [0.3, 0.4) is 0 Å². The Morgan fingerprint density at radius 3 is 1.61 bits per heavy atom. The van der Waals surface area contributed by atoms with E-state index in [9.17, 15) is 43.9 Å². The van der Waals surface area contributed by atoms with E-state index in [1.54, 1.807) is 0 Å². The quantitative estimate of drug-likeness (QED) is 0.700. The van der Waals surface area contributed by atoms with Crippen LogP contribution in [0.15, 0.2) is 0 Å². The Labute approximate surface area is 92.4 Å². The number of alkyl halides is 10. The average molecular weight is 298 g/mol. The zero-order chi connectivity index (χ0) is 14.8. The van der Waals surface area contributed by atoms with Gasteiger partial charge in [-0.15, -0.1) is 13.2 Å². The monoisotopic (exact) mass is 298 g/mol. The van der Waals surface area contributed by atoms with E-state index in [-0.39, 0.29) is 0 Å². The van der Waals surface area contributed by atoms with Gasteiger partial charge in [-0.2, -0.15) is 17.6 Å². The maximum Gasteiger partial charge on any atom is 0.525 e. The SMILES string of the molecule is FC(OC(F)(F)F)C(F)(F)COC(F)(F)C(F)F. The molecule has 0 radical (unpaired) electrons. The largest absolute Gasteiger partial charge is 0.525 e. The van der Waals surface area contributed by atoms with Crippen molar-refractivity contribution in [3.8, 4) is 0 Å². The molecule has 110 valence electrons. The van der Waals surface area contributed by atoms with Crippen LogP contribution in [0.1, 0.15) is 0 Å². The molecule has 0 heterocycles. The van der Waals surface area contributed by atoms with Gasteiger partial charge in [0.25, 0.3) is 6.36 Å². The van der Waals surface area contributed by atoms with Gasteiger partial charge in [-0.1, -0.05) is 0 Å². The molecule has 0 rings (SSSR count). The Hall–Kier alpha value is -0.780. The van der Waals surface area contributed by atoms with E-state index in [1.807, 2.05) is 0 Å². The minimum Gasteiger partial charge on any atom is -0.309 e. The lowest BCUT2D eigenvalue weighted by Gasteiger charge is -2.23. The molecule has 0 N–H and O–H groups in total. The van der Waals surface area contributed by atoms with E-state index in [2.05, 4.69) is 9.47 Å². The first kappa shape index (κ1) is 17.2. The molecule has 0 aromatic carbocycles. The highest BCUT2D eigenvalue weighted by Gasteiger charge is 2.52. The summed E-state index contributed by atoms with van der Waals surface area (Å²) in [4.78, 5) is 0. The maximum absolute atomic E-state index is 12.4. The van der Waals surface area contributed by atoms with Crippen molar-refractivity contribution in [2.24, 2.45) is 0 Å². The number of hydrogen-bond donors (Lipinski definition) is 0. The van der Waals surface area contributed by atoms with Gasteiger partial charge in [-0.3, -0.25) is 4.74 Å². The predicted octanol–water partition coefficient (Wildman–Crippen LogP) is 3.33. The fourth-order valence-electron chi connectivity index (χ4n) is 0.524. The van der Waals surface area contributed by atoms with Crippen LogP contribution < -0.4 is 0 Å². The van der Waals surface area contributed by atoms with Crippen LogP contribution in [-0.2, 0) is 9.47 Å². The molecular weight excluding hydrogens is 294 g/mol. The second-order valence-corrected chi connectivity index (χ2v) is 2.79. The first-order chi connectivity index (χ1) is 7.78. The summed E-state index contributed by atoms with van der Waals surface area (Å²) >= 11 is 0. The standard InChI is InChI=1S/C6H4F10O2/c7-2(8)5(12,13)17-1-4(10,11)3(9)18-6(14,15)16/h2-3H,1H2. The van der Waals surface area contributed by atoms with Crippen molar-refractivity contribution in [2.45, 2.75) is 31.2 Å². The fraction of sp³-hybridized carbons (Fsp3) is 1.00. The van der Waals surface area contributed by atoms with Crippen LogP contribution in [0.4, 0.5) is 43.9 Å². The Morgan fingerprint density at radius 2 is 1.28 bits per heavy atom. The van der Waals surface area contributed by atoms with Crippen molar-refractivity contribution in [3.05, 3.63) is 0 Å². The lowest BCUT2D eigenvalue weighted by molar-refractivity contribution is -0.398. The second-order valence-electron chi connectivity index (χ2n) is 2.79. The highest BCUT2D eigenvalue weighted by molar-refractivity contribution is 4.71. The van der Waals surface area contributed by atoms with E-state index in [0.717, 1.165) is 0 Å². The smallest absolute Gasteiger partial charge is 0.309 e. The van der Waals surface area contributed by atoms with Gasteiger partial charge >= 0.3 is 24.8 Å². The molecular formula is C6H4F10O2. The Morgan fingerprint density at radius 1 is 0.833 bits per heavy atom. The van der Waals surface area contributed by atoms with Crippen LogP contribution in [0.2, 0.25) is 0 Å². The van der Waals surface area contributed by atoms with Crippen molar-refractivity contribution >= 4 is 0 Å². The molecule has 0 aliphatic heterocycles. The summed E-state index contributed by atoms with van der Waals surface area (Å²) in [5.74, 6) is -5.19. The highest BCUT2D eigenvalue weighted by Crippen LogP contribution is 2.32. The summed E-state index contributed by atoms with van der Waals surface area (Å²) in [5.41, 5.74) is 0. The molecule has 0 saturated carbocycles. The number of hydrogen-bond acceptors (Lipinski definition) is 2. The van der Waals surface area contributed by atoms with Crippen LogP contribution in [0.25, 0.3) is 0 Å². The van der Waals surface area contributed by atoms with E-state index in [1.165, 1.54) is 0 Å². The van der Waals surface area contributed by atoms with E-state index in [4.69, 9.17) is 0 Å². The summed E-state index contributed by atoms with van der Waals surface area (Å²) in [6, 6.07) is 0. The molecule has 0 fully saturated rings. The van der Waals surface area contributed by atoms with E-state index in [0.29, 0.717) is 0 Å². The Balaban J connectivity index is 4.48. The summed E-state index contributed by atoms with van der Waals surface area (Å²) in [6.07, 6.45) is -20.0. The van der Waals surface area contributed by atoms with Crippen molar-refractivity contribution in [1.29, 1.82) is 0 Å². The molecule has 2 nitrogen and oxygen atoms in total. The fourth-order valence-corrected chi connectivity index (χ4v) is 0.524. The first-order valence-corrected chi connectivity index (χ1v) is 3.84. The molecule has 1 unspecified atom stereocenters. The van der Waals surface area contributed by atoms with E-state index >= 15 is 0 Å². The summed E-state index contributed by atoms with van der Waals surface area (Å²) in [6.45, 7) is -2.72. The predicted molar refractivity (Wildman–Crippen MR) is 33.9 cm³/mol. The van der Waals surface area contributed by atoms with Crippen molar-refractivity contribution in [1.82, 2.24) is 0 Å². The van der Waals surface area contributed by atoms with Gasteiger partial charge in [0.2, 0.25) is 0 Å². The van der Waals surface area contributed by atoms with Gasteiger partial charge in [0, 0.05) is 0 Å². The molecule has 0 spiro atoms. The van der Waals surface area contributed by atoms with Crippen LogP contribution >= 0.6 is 0 Å². The van der Waals surface area contributed by atoms with Gasteiger partial charge in [0.05, 0.1) is 0 Å². The third-order valence-electron chi connectivity index (χ3n) is 1.28. The number of ether oxygens (including phenoxy) is 2. The lowest BCUT2D eigenvalue weighted by Crippen LogP contribution is -2.43. The average Bonchev–Trinajstić information content (AvgIpc) is 2.12. The molecule has 0 amide bonds. The molecule has 18 heavy (non-hydrogen) atoms. The number of halogens is 10. The van der Waals surface area contributed by atoms with Gasteiger partial charge in [0.1, 0.15) is 6.61 Å². The van der Waals surface area contributed by atoms with Gasteiger partial charge in [-0.25, -0.2) is 13.2 Å². The molecule has 0 bridgehead atoms. The minimum atomic E-state index is -5.80. The zero-order valence-electron chi connectivity index (χ0n) is 7.96. The first-order valence-electron chi connectivity index (χ1n) is 3.84. The third-order valence-corrected chi connectivity index (χ3v) is 1.28. The van der Waals surface area contributed by atoms with Crippen LogP contribution in [0, 0.1) is 0 Å². The molecule has 0 aromatic rings. The molecule has 0 aromatic heterocycles.